The van der Waals surface area contributed by atoms with E-state index in [-0.39, 0.29) is 24.3 Å². The Bertz CT molecular complexity index is 256. The highest BCUT2D eigenvalue weighted by Crippen LogP contribution is 2.29. The van der Waals surface area contributed by atoms with Crippen molar-refractivity contribution in [2.24, 2.45) is 17.6 Å². The number of methoxy groups -OCH3 is 1. The fraction of sp³-hybridized carbons (Fsp3) is 0.818. The fourth-order valence-corrected chi connectivity index (χ4v) is 2.20. The molecule has 5 heteroatoms. The SMILES string of the molecule is COC(=O)CNC(=O)C1CCCCC1CN. The molecule has 0 bridgehead atoms. The van der Waals surface area contributed by atoms with E-state index < -0.39 is 5.97 Å². The van der Waals surface area contributed by atoms with Crippen LogP contribution in [0.3, 0.4) is 0 Å². The van der Waals surface area contributed by atoms with Crippen LogP contribution in [0.15, 0.2) is 0 Å². The van der Waals surface area contributed by atoms with Gasteiger partial charge in [0.2, 0.25) is 5.91 Å². The van der Waals surface area contributed by atoms with Crippen molar-refractivity contribution in [1.29, 1.82) is 0 Å². The minimum absolute atomic E-state index is 0.0385. The van der Waals surface area contributed by atoms with Gasteiger partial charge in [-0.2, -0.15) is 0 Å². The Labute approximate surface area is 95.7 Å². The number of nitrogens with two attached hydrogens (primary N) is 1. The van der Waals surface area contributed by atoms with Crippen LogP contribution in [-0.4, -0.2) is 32.1 Å². The number of nitrogens with one attached hydrogen (secondary N) is 1. The summed E-state index contributed by atoms with van der Waals surface area (Å²) in [5, 5.41) is 2.60. The number of amides is 1. The lowest BCUT2D eigenvalue weighted by atomic mass is 9.79. The lowest BCUT2D eigenvalue weighted by molar-refractivity contribution is -0.142. The average Bonchev–Trinajstić information content (AvgIpc) is 2.35. The van der Waals surface area contributed by atoms with Gasteiger partial charge in [-0.25, -0.2) is 0 Å². The van der Waals surface area contributed by atoms with Gasteiger partial charge < -0.3 is 15.8 Å². The maximum Gasteiger partial charge on any atom is 0.325 e. The molecule has 16 heavy (non-hydrogen) atoms. The highest BCUT2D eigenvalue weighted by atomic mass is 16.5. The van der Waals surface area contributed by atoms with Crippen molar-refractivity contribution >= 4 is 11.9 Å². The van der Waals surface area contributed by atoms with E-state index in [1.807, 2.05) is 0 Å². The largest absolute Gasteiger partial charge is 0.468 e. The molecule has 0 aromatic carbocycles. The highest BCUT2D eigenvalue weighted by Gasteiger charge is 2.29. The van der Waals surface area contributed by atoms with Crippen molar-refractivity contribution in [1.82, 2.24) is 5.32 Å². The third kappa shape index (κ3) is 3.48. The number of carbonyl (C=O) groups is 2. The molecule has 1 saturated carbocycles. The van der Waals surface area contributed by atoms with Crippen molar-refractivity contribution in [3.8, 4) is 0 Å². The highest BCUT2D eigenvalue weighted by molar-refractivity contribution is 5.83. The van der Waals surface area contributed by atoms with E-state index in [4.69, 9.17) is 5.73 Å². The molecule has 0 aliphatic heterocycles. The van der Waals surface area contributed by atoms with Crippen molar-refractivity contribution in [2.75, 3.05) is 20.2 Å². The summed E-state index contributed by atoms with van der Waals surface area (Å²) in [7, 11) is 1.30. The van der Waals surface area contributed by atoms with Crippen molar-refractivity contribution in [3.05, 3.63) is 0 Å². The molecule has 1 aliphatic rings. The second-order valence-corrected chi connectivity index (χ2v) is 4.18. The molecule has 0 heterocycles. The Morgan fingerprint density at radius 2 is 2.06 bits per heavy atom. The van der Waals surface area contributed by atoms with Crippen molar-refractivity contribution < 1.29 is 14.3 Å². The van der Waals surface area contributed by atoms with E-state index >= 15 is 0 Å². The predicted molar refractivity (Wildman–Crippen MR) is 59.5 cm³/mol. The van der Waals surface area contributed by atoms with Crippen LogP contribution in [-0.2, 0) is 14.3 Å². The van der Waals surface area contributed by atoms with Gasteiger partial charge in [0.15, 0.2) is 0 Å². The van der Waals surface area contributed by atoms with Gasteiger partial charge in [-0.1, -0.05) is 12.8 Å². The second kappa shape index (κ2) is 6.48. The molecule has 1 amide bonds. The first-order valence-corrected chi connectivity index (χ1v) is 5.73. The summed E-state index contributed by atoms with van der Waals surface area (Å²) in [6.45, 7) is 0.486. The Morgan fingerprint density at radius 1 is 1.38 bits per heavy atom. The molecule has 1 aliphatic carbocycles. The monoisotopic (exact) mass is 228 g/mol. The van der Waals surface area contributed by atoms with Gasteiger partial charge in [0.25, 0.3) is 0 Å². The van der Waals surface area contributed by atoms with Gasteiger partial charge in [-0.3, -0.25) is 9.59 Å². The van der Waals surface area contributed by atoms with Crippen LogP contribution in [0, 0.1) is 11.8 Å². The molecule has 0 aromatic heterocycles. The second-order valence-electron chi connectivity index (χ2n) is 4.18. The predicted octanol–water partition coefficient (Wildman–Crippen LogP) is 0.0407. The third-order valence-electron chi connectivity index (χ3n) is 3.18. The molecule has 2 atom stereocenters. The van der Waals surface area contributed by atoms with Crippen LogP contribution in [0.5, 0.6) is 0 Å². The molecule has 3 N–H and O–H groups in total. The van der Waals surface area contributed by atoms with E-state index in [1.165, 1.54) is 7.11 Å². The zero-order valence-electron chi connectivity index (χ0n) is 9.70. The van der Waals surface area contributed by atoms with Gasteiger partial charge in [0.1, 0.15) is 6.54 Å². The van der Waals surface area contributed by atoms with Gasteiger partial charge in [0, 0.05) is 5.92 Å². The Morgan fingerprint density at radius 3 is 2.69 bits per heavy atom. The smallest absolute Gasteiger partial charge is 0.325 e. The maximum atomic E-state index is 11.8. The van der Waals surface area contributed by atoms with Crippen molar-refractivity contribution in [2.45, 2.75) is 25.7 Å². The van der Waals surface area contributed by atoms with Gasteiger partial charge in [-0.15, -0.1) is 0 Å². The zero-order valence-corrected chi connectivity index (χ0v) is 9.70. The first-order valence-electron chi connectivity index (χ1n) is 5.73. The minimum Gasteiger partial charge on any atom is -0.468 e. The topological polar surface area (TPSA) is 81.4 Å². The molecule has 0 saturated heterocycles. The molecule has 1 fully saturated rings. The Kier molecular flexibility index (Phi) is 5.25. The van der Waals surface area contributed by atoms with Crippen molar-refractivity contribution in [3.63, 3.8) is 0 Å². The van der Waals surface area contributed by atoms with Crippen LogP contribution in [0.4, 0.5) is 0 Å². The molecule has 0 spiro atoms. The molecule has 0 aromatic rings. The fourth-order valence-electron chi connectivity index (χ4n) is 2.20. The van der Waals surface area contributed by atoms with E-state index in [1.54, 1.807) is 0 Å². The molecule has 1 rings (SSSR count). The molecule has 0 radical (unpaired) electrons. The first kappa shape index (κ1) is 13.0. The molecule has 5 nitrogen and oxygen atoms in total. The summed E-state index contributed by atoms with van der Waals surface area (Å²) in [4.78, 5) is 22.7. The number of carbonyl (C=O) groups excluding carboxylic acids is 2. The summed E-state index contributed by atoms with van der Waals surface area (Å²) in [6.07, 6.45) is 4.08. The summed E-state index contributed by atoms with van der Waals surface area (Å²) in [5.41, 5.74) is 5.64. The van der Waals surface area contributed by atoms with Crippen LogP contribution < -0.4 is 11.1 Å². The van der Waals surface area contributed by atoms with Gasteiger partial charge in [-0.05, 0) is 25.3 Å². The van der Waals surface area contributed by atoms with E-state index in [0.29, 0.717) is 6.54 Å². The number of ether oxygens (including phenoxy) is 1. The lowest BCUT2D eigenvalue weighted by Crippen LogP contribution is -2.41. The van der Waals surface area contributed by atoms with Gasteiger partial charge in [0.05, 0.1) is 7.11 Å². The maximum absolute atomic E-state index is 11.8. The quantitative estimate of drug-likeness (QED) is 0.666. The minimum atomic E-state index is -0.423. The summed E-state index contributed by atoms with van der Waals surface area (Å²) in [6, 6.07) is 0. The van der Waals surface area contributed by atoms with Crippen LogP contribution in [0.25, 0.3) is 0 Å². The standard InChI is InChI=1S/C11H20N2O3/c1-16-10(14)7-13-11(15)9-5-3-2-4-8(9)6-12/h8-9H,2-7,12H2,1H3,(H,13,15). The Hall–Kier alpha value is -1.10. The van der Waals surface area contributed by atoms with Gasteiger partial charge >= 0.3 is 5.97 Å². The molecular formula is C11H20N2O3. The van der Waals surface area contributed by atoms with Crippen LogP contribution >= 0.6 is 0 Å². The molecule has 92 valence electrons. The first-order chi connectivity index (χ1) is 7.69. The summed E-state index contributed by atoms with van der Waals surface area (Å²) in [5.74, 6) is -0.274. The molecular weight excluding hydrogens is 208 g/mol. The summed E-state index contributed by atoms with van der Waals surface area (Å²) < 4.78 is 4.46. The zero-order chi connectivity index (χ0) is 12.0. The number of esters is 1. The number of hydrogen-bond acceptors (Lipinski definition) is 4. The summed E-state index contributed by atoms with van der Waals surface area (Å²) >= 11 is 0. The number of hydrogen-bond donors (Lipinski definition) is 2. The average molecular weight is 228 g/mol. The van der Waals surface area contributed by atoms with E-state index in [0.717, 1.165) is 25.7 Å². The van der Waals surface area contributed by atoms with E-state index in [2.05, 4.69) is 10.1 Å². The normalized spacial score (nSPS) is 24.9. The lowest BCUT2D eigenvalue weighted by Gasteiger charge is -2.29. The van der Waals surface area contributed by atoms with Crippen LogP contribution in [0.2, 0.25) is 0 Å². The third-order valence-corrected chi connectivity index (χ3v) is 3.18. The number of rotatable bonds is 4. The van der Waals surface area contributed by atoms with Crippen LogP contribution in [0.1, 0.15) is 25.7 Å². The van der Waals surface area contributed by atoms with E-state index in [9.17, 15) is 9.59 Å². The molecule has 2 unspecified atom stereocenters. The Balaban J connectivity index is 2.41.